The summed E-state index contributed by atoms with van der Waals surface area (Å²) < 4.78 is 3.49. The third kappa shape index (κ3) is 2.13. The molecular formula is C10H17N7. The van der Waals surface area contributed by atoms with Gasteiger partial charge in [-0.15, -0.1) is 5.10 Å². The molecule has 2 rings (SSSR count). The first kappa shape index (κ1) is 11.6. The fraction of sp³-hybridized carbons (Fsp3) is 0.600. The summed E-state index contributed by atoms with van der Waals surface area (Å²) in [6.07, 6.45) is 1.52. The normalized spacial score (nSPS) is 12.0. The summed E-state index contributed by atoms with van der Waals surface area (Å²) in [5.74, 6) is 1.29. The van der Waals surface area contributed by atoms with Crippen LogP contribution in [0.25, 0.3) is 0 Å². The summed E-state index contributed by atoms with van der Waals surface area (Å²) in [7, 11) is 1.85. The number of nitrogens with zero attached hydrogens (tertiary/aromatic N) is 6. The Morgan fingerprint density at radius 2 is 2.06 bits per heavy atom. The van der Waals surface area contributed by atoms with Gasteiger partial charge in [-0.3, -0.25) is 4.68 Å². The van der Waals surface area contributed by atoms with Crippen molar-refractivity contribution in [3.63, 3.8) is 0 Å². The molecule has 7 heteroatoms. The number of hydrogen-bond acceptors (Lipinski definition) is 5. The summed E-state index contributed by atoms with van der Waals surface area (Å²) in [4.78, 5) is 4.17. The Balaban J connectivity index is 2.38. The predicted octanol–water partition coefficient (Wildman–Crippen LogP) is 0.335. The van der Waals surface area contributed by atoms with Gasteiger partial charge in [0.2, 0.25) is 0 Å². The highest BCUT2D eigenvalue weighted by molar-refractivity contribution is 5.38. The van der Waals surface area contributed by atoms with Gasteiger partial charge < -0.3 is 5.73 Å². The Labute approximate surface area is 99.6 Å². The van der Waals surface area contributed by atoms with E-state index in [1.54, 1.807) is 9.36 Å². The zero-order valence-corrected chi connectivity index (χ0v) is 10.5. The summed E-state index contributed by atoms with van der Waals surface area (Å²) in [5.41, 5.74) is 6.67. The van der Waals surface area contributed by atoms with Crippen LogP contribution in [0.15, 0.2) is 6.33 Å². The lowest BCUT2D eigenvalue weighted by Crippen LogP contribution is -2.21. The second kappa shape index (κ2) is 3.83. The van der Waals surface area contributed by atoms with Gasteiger partial charge in [0.15, 0.2) is 5.82 Å². The van der Waals surface area contributed by atoms with Crippen LogP contribution >= 0.6 is 0 Å². The minimum atomic E-state index is -0.105. The molecule has 2 N–H and O–H groups in total. The van der Waals surface area contributed by atoms with Crippen molar-refractivity contribution in [1.29, 1.82) is 0 Å². The van der Waals surface area contributed by atoms with Crippen LogP contribution in [0.3, 0.4) is 0 Å². The smallest absolute Gasteiger partial charge is 0.169 e. The van der Waals surface area contributed by atoms with E-state index in [1.807, 2.05) is 7.05 Å². The van der Waals surface area contributed by atoms with Crippen molar-refractivity contribution in [1.82, 2.24) is 29.8 Å². The van der Waals surface area contributed by atoms with Crippen molar-refractivity contribution in [2.75, 3.05) is 5.73 Å². The van der Waals surface area contributed by atoms with Crippen molar-refractivity contribution < 1.29 is 0 Å². The van der Waals surface area contributed by atoms with E-state index >= 15 is 0 Å². The van der Waals surface area contributed by atoms with Gasteiger partial charge >= 0.3 is 0 Å². The number of nitrogens with two attached hydrogens (primary N) is 1. The van der Waals surface area contributed by atoms with Gasteiger partial charge in [0.05, 0.1) is 5.69 Å². The molecule has 2 heterocycles. The first-order valence-corrected chi connectivity index (χ1v) is 5.42. The zero-order chi connectivity index (χ0) is 12.6. The molecule has 0 saturated heterocycles. The van der Waals surface area contributed by atoms with Crippen molar-refractivity contribution in [2.45, 2.75) is 32.7 Å². The molecule has 0 aliphatic heterocycles. The molecule has 0 saturated carbocycles. The number of aromatic nitrogens is 6. The van der Waals surface area contributed by atoms with Crippen molar-refractivity contribution in [3.8, 4) is 0 Å². The minimum absolute atomic E-state index is 0.105. The molecule has 0 radical (unpaired) electrons. The van der Waals surface area contributed by atoms with E-state index in [9.17, 15) is 0 Å². The van der Waals surface area contributed by atoms with Crippen LogP contribution in [0, 0.1) is 0 Å². The van der Waals surface area contributed by atoms with Crippen LogP contribution in [-0.4, -0.2) is 29.8 Å². The topological polar surface area (TPSA) is 87.4 Å². The number of hydrogen-bond donors (Lipinski definition) is 1. The average molecular weight is 235 g/mol. The Bertz CT molecular complexity index is 517. The second-order valence-corrected chi connectivity index (χ2v) is 5.03. The quantitative estimate of drug-likeness (QED) is 0.810. The Morgan fingerprint density at radius 3 is 2.59 bits per heavy atom. The van der Waals surface area contributed by atoms with Gasteiger partial charge in [0, 0.05) is 12.5 Å². The van der Waals surface area contributed by atoms with Gasteiger partial charge in [-0.25, -0.2) is 9.67 Å². The molecule has 2 aromatic heterocycles. The monoisotopic (exact) mass is 235 g/mol. The molecule has 7 nitrogen and oxygen atoms in total. The second-order valence-electron chi connectivity index (χ2n) is 5.03. The van der Waals surface area contributed by atoms with E-state index in [4.69, 9.17) is 5.73 Å². The van der Waals surface area contributed by atoms with Crippen LogP contribution in [0.2, 0.25) is 0 Å². The van der Waals surface area contributed by atoms with Gasteiger partial charge in [0.25, 0.3) is 0 Å². The third-order valence-corrected chi connectivity index (χ3v) is 2.57. The van der Waals surface area contributed by atoms with E-state index in [1.165, 1.54) is 6.33 Å². The van der Waals surface area contributed by atoms with Gasteiger partial charge in [-0.2, -0.15) is 5.10 Å². The number of nitrogen functional groups attached to an aromatic ring is 1. The summed E-state index contributed by atoms with van der Waals surface area (Å²) >= 11 is 0. The van der Waals surface area contributed by atoms with Gasteiger partial charge in [-0.1, -0.05) is 26.0 Å². The highest BCUT2D eigenvalue weighted by atomic mass is 15.5. The maximum atomic E-state index is 5.86. The highest BCUT2D eigenvalue weighted by Crippen LogP contribution is 2.26. The maximum absolute atomic E-state index is 5.86. The Hall–Kier alpha value is -1.92. The van der Waals surface area contributed by atoms with E-state index in [0.29, 0.717) is 12.4 Å². The predicted molar refractivity (Wildman–Crippen MR) is 63.2 cm³/mol. The molecule has 0 fully saturated rings. The van der Waals surface area contributed by atoms with E-state index in [2.05, 4.69) is 41.2 Å². The zero-order valence-electron chi connectivity index (χ0n) is 10.5. The van der Waals surface area contributed by atoms with Crippen molar-refractivity contribution in [3.05, 3.63) is 17.8 Å². The summed E-state index contributed by atoms with van der Waals surface area (Å²) in [5, 5.41) is 12.0. The molecule has 0 amide bonds. The van der Waals surface area contributed by atoms with Crippen LogP contribution in [-0.2, 0) is 19.0 Å². The lowest BCUT2D eigenvalue weighted by atomic mass is 9.92. The summed E-state index contributed by atoms with van der Waals surface area (Å²) in [6, 6.07) is 0. The third-order valence-electron chi connectivity index (χ3n) is 2.57. The fourth-order valence-electron chi connectivity index (χ4n) is 1.81. The largest absolute Gasteiger partial charge is 0.381 e. The van der Waals surface area contributed by atoms with Gasteiger partial charge in [0.1, 0.15) is 18.7 Å². The molecular weight excluding hydrogens is 218 g/mol. The maximum Gasteiger partial charge on any atom is 0.169 e. The molecule has 0 aromatic carbocycles. The first-order valence-electron chi connectivity index (χ1n) is 5.42. The van der Waals surface area contributed by atoms with Crippen LogP contribution < -0.4 is 5.73 Å². The van der Waals surface area contributed by atoms with Gasteiger partial charge in [-0.05, 0) is 0 Å². The molecule has 0 bridgehead atoms. The molecule has 0 atom stereocenters. The van der Waals surface area contributed by atoms with Crippen LogP contribution in [0.1, 0.15) is 32.3 Å². The molecule has 0 aliphatic carbocycles. The lowest BCUT2D eigenvalue weighted by Gasteiger charge is -2.19. The number of aryl methyl sites for hydroxylation is 1. The van der Waals surface area contributed by atoms with Crippen LogP contribution in [0.4, 0.5) is 5.82 Å². The lowest BCUT2D eigenvalue weighted by molar-refractivity contribution is 0.489. The Kier molecular flexibility index (Phi) is 2.60. The van der Waals surface area contributed by atoms with E-state index in [0.717, 1.165) is 11.5 Å². The first-order chi connectivity index (χ1) is 7.89. The van der Waals surface area contributed by atoms with E-state index in [-0.39, 0.29) is 5.41 Å². The number of rotatable bonds is 2. The molecule has 17 heavy (non-hydrogen) atoms. The van der Waals surface area contributed by atoms with Crippen molar-refractivity contribution in [2.24, 2.45) is 7.05 Å². The SMILES string of the molecule is Cn1ncnc1Cn1nnc(N)c1C(C)(C)C. The van der Waals surface area contributed by atoms with Crippen LogP contribution in [0.5, 0.6) is 0 Å². The highest BCUT2D eigenvalue weighted by Gasteiger charge is 2.24. The molecule has 0 spiro atoms. The molecule has 92 valence electrons. The average Bonchev–Trinajstić information content (AvgIpc) is 2.74. The number of anilines is 1. The van der Waals surface area contributed by atoms with E-state index < -0.39 is 0 Å². The molecule has 2 aromatic rings. The fourth-order valence-corrected chi connectivity index (χ4v) is 1.81. The molecule has 0 aliphatic rings. The Morgan fingerprint density at radius 1 is 1.35 bits per heavy atom. The van der Waals surface area contributed by atoms with Crippen molar-refractivity contribution >= 4 is 5.82 Å². The standard InChI is InChI=1S/C10H17N7/c1-10(2,3)8-9(11)14-15-17(8)5-7-12-6-13-16(7)4/h6H,5,11H2,1-4H3. The summed E-state index contributed by atoms with van der Waals surface area (Å²) in [6.45, 7) is 6.76. The minimum Gasteiger partial charge on any atom is -0.381 e. The molecule has 0 unspecified atom stereocenters.